The van der Waals surface area contributed by atoms with Gasteiger partial charge in [-0.15, -0.1) is 12.4 Å². The van der Waals surface area contributed by atoms with E-state index in [1.165, 1.54) is 0 Å². The highest BCUT2D eigenvalue weighted by Gasteiger charge is 2.28. The minimum atomic E-state index is -0.384. The lowest BCUT2D eigenvalue weighted by Crippen LogP contribution is -2.47. The molecule has 1 saturated heterocycles. The predicted molar refractivity (Wildman–Crippen MR) is 101 cm³/mol. The van der Waals surface area contributed by atoms with E-state index in [1.54, 1.807) is 0 Å². The molecule has 0 aromatic heterocycles. The number of carbonyl (C=O) groups excluding carboxylic acids is 1. The lowest BCUT2D eigenvalue weighted by molar-refractivity contribution is -0.127. The standard InChI is InChI=1S/C19H30N2O2.ClH/c1-14(2)13-23-17-9-7-16(8-10-17)19(3,4)21-18(22)15-6-5-11-20-12-15;/h7-10,14-15,20H,5-6,11-13H2,1-4H3,(H,21,22);1H. The fourth-order valence-electron chi connectivity index (χ4n) is 2.79. The van der Waals surface area contributed by atoms with Crippen LogP contribution in [0, 0.1) is 11.8 Å². The predicted octanol–water partition coefficient (Wildman–Crippen LogP) is 3.49. The van der Waals surface area contributed by atoms with Gasteiger partial charge < -0.3 is 15.4 Å². The molecule has 1 fully saturated rings. The number of carbonyl (C=O) groups is 1. The second-order valence-electron chi connectivity index (χ2n) is 7.39. The molecule has 0 aliphatic carbocycles. The lowest BCUT2D eigenvalue weighted by Gasteiger charge is -2.31. The van der Waals surface area contributed by atoms with Crippen LogP contribution in [0.1, 0.15) is 46.1 Å². The lowest BCUT2D eigenvalue weighted by atomic mass is 9.91. The SMILES string of the molecule is CC(C)COc1ccc(C(C)(C)NC(=O)C2CCCNC2)cc1.Cl. The summed E-state index contributed by atoms with van der Waals surface area (Å²) in [5.74, 6) is 1.61. The summed E-state index contributed by atoms with van der Waals surface area (Å²) in [4.78, 5) is 12.5. The molecule has 0 saturated carbocycles. The van der Waals surface area contributed by atoms with E-state index in [1.807, 2.05) is 38.1 Å². The van der Waals surface area contributed by atoms with Crippen LogP contribution in [0.15, 0.2) is 24.3 Å². The minimum Gasteiger partial charge on any atom is -0.493 e. The van der Waals surface area contributed by atoms with Gasteiger partial charge in [-0.05, 0) is 56.8 Å². The Balaban J connectivity index is 0.00000288. The van der Waals surface area contributed by atoms with Crippen molar-refractivity contribution in [1.82, 2.24) is 10.6 Å². The molecule has 136 valence electrons. The summed E-state index contributed by atoms with van der Waals surface area (Å²) in [5, 5.41) is 6.49. The third kappa shape index (κ3) is 5.99. The van der Waals surface area contributed by atoms with Crippen molar-refractivity contribution in [3.63, 3.8) is 0 Å². The first-order chi connectivity index (χ1) is 10.9. The largest absolute Gasteiger partial charge is 0.493 e. The summed E-state index contributed by atoms with van der Waals surface area (Å²) in [6, 6.07) is 8.03. The zero-order chi connectivity index (χ0) is 16.9. The molecule has 24 heavy (non-hydrogen) atoms. The molecule has 1 aromatic rings. The molecular formula is C19H31ClN2O2. The van der Waals surface area contributed by atoms with Crippen LogP contribution in [-0.2, 0) is 10.3 Å². The van der Waals surface area contributed by atoms with Gasteiger partial charge in [0, 0.05) is 6.54 Å². The number of nitrogens with one attached hydrogen (secondary N) is 2. The van der Waals surface area contributed by atoms with Crippen molar-refractivity contribution < 1.29 is 9.53 Å². The second kappa shape index (κ2) is 9.28. The van der Waals surface area contributed by atoms with Crippen molar-refractivity contribution in [2.75, 3.05) is 19.7 Å². The Hall–Kier alpha value is -1.26. The molecule has 5 heteroatoms. The fraction of sp³-hybridized carbons (Fsp3) is 0.632. The van der Waals surface area contributed by atoms with Gasteiger partial charge in [-0.3, -0.25) is 4.79 Å². The Morgan fingerprint density at radius 3 is 2.54 bits per heavy atom. The molecule has 0 radical (unpaired) electrons. The highest BCUT2D eigenvalue weighted by Crippen LogP contribution is 2.24. The monoisotopic (exact) mass is 354 g/mol. The van der Waals surface area contributed by atoms with Gasteiger partial charge in [-0.1, -0.05) is 26.0 Å². The number of amides is 1. The average molecular weight is 355 g/mol. The Labute approximate surface area is 152 Å². The van der Waals surface area contributed by atoms with Crippen LogP contribution in [0.4, 0.5) is 0 Å². The van der Waals surface area contributed by atoms with E-state index in [4.69, 9.17) is 4.74 Å². The van der Waals surface area contributed by atoms with Gasteiger partial charge in [0.15, 0.2) is 0 Å². The van der Waals surface area contributed by atoms with Crippen molar-refractivity contribution in [1.29, 1.82) is 0 Å². The third-order valence-corrected chi connectivity index (χ3v) is 4.26. The maximum Gasteiger partial charge on any atom is 0.225 e. The number of halogens is 1. The first-order valence-electron chi connectivity index (χ1n) is 8.64. The van der Waals surface area contributed by atoms with Crippen LogP contribution in [0.2, 0.25) is 0 Å². The van der Waals surface area contributed by atoms with Crippen LogP contribution >= 0.6 is 12.4 Å². The smallest absolute Gasteiger partial charge is 0.225 e. The summed E-state index contributed by atoms with van der Waals surface area (Å²) in [5.41, 5.74) is 0.706. The summed E-state index contributed by atoms with van der Waals surface area (Å²) >= 11 is 0. The van der Waals surface area contributed by atoms with Gasteiger partial charge in [0.2, 0.25) is 5.91 Å². The van der Waals surface area contributed by atoms with E-state index in [0.717, 1.165) is 37.2 Å². The molecule has 1 heterocycles. The molecule has 1 amide bonds. The number of hydrogen-bond donors (Lipinski definition) is 2. The molecular weight excluding hydrogens is 324 g/mol. The van der Waals surface area contributed by atoms with E-state index in [0.29, 0.717) is 12.5 Å². The summed E-state index contributed by atoms with van der Waals surface area (Å²) in [6.45, 7) is 10.9. The maximum atomic E-state index is 12.5. The maximum absolute atomic E-state index is 12.5. The normalized spacial score (nSPS) is 18.0. The van der Waals surface area contributed by atoms with Crippen molar-refractivity contribution in [3.8, 4) is 5.75 Å². The molecule has 2 rings (SSSR count). The van der Waals surface area contributed by atoms with E-state index < -0.39 is 0 Å². The zero-order valence-corrected chi connectivity index (χ0v) is 16.0. The number of piperidine rings is 1. The Morgan fingerprint density at radius 1 is 1.33 bits per heavy atom. The summed E-state index contributed by atoms with van der Waals surface area (Å²) in [7, 11) is 0. The number of benzene rings is 1. The van der Waals surface area contributed by atoms with E-state index in [9.17, 15) is 4.79 Å². The van der Waals surface area contributed by atoms with Crippen LogP contribution in [-0.4, -0.2) is 25.6 Å². The molecule has 0 bridgehead atoms. The fourth-order valence-corrected chi connectivity index (χ4v) is 2.79. The Kier molecular flexibility index (Phi) is 8.04. The average Bonchev–Trinajstić information content (AvgIpc) is 2.53. The number of ether oxygens (including phenoxy) is 1. The molecule has 0 spiro atoms. The minimum absolute atomic E-state index is 0. The van der Waals surface area contributed by atoms with E-state index in [-0.39, 0.29) is 29.8 Å². The van der Waals surface area contributed by atoms with Crippen molar-refractivity contribution in [2.24, 2.45) is 11.8 Å². The van der Waals surface area contributed by atoms with Gasteiger partial charge >= 0.3 is 0 Å². The highest BCUT2D eigenvalue weighted by molar-refractivity contribution is 5.85. The van der Waals surface area contributed by atoms with Gasteiger partial charge in [0.25, 0.3) is 0 Å². The topological polar surface area (TPSA) is 50.4 Å². The number of rotatable bonds is 6. The third-order valence-electron chi connectivity index (χ3n) is 4.26. The van der Waals surface area contributed by atoms with Crippen LogP contribution in [0.5, 0.6) is 5.75 Å². The summed E-state index contributed by atoms with van der Waals surface area (Å²) in [6.07, 6.45) is 2.04. The quantitative estimate of drug-likeness (QED) is 0.822. The number of hydrogen-bond acceptors (Lipinski definition) is 3. The first kappa shape index (κ1) is 20.8. The van der Waals surface area contributed by atoms with Gasteiger partial charge in [0.05, 0.1) is 18.1 Å². The van der Waals surface area contributed by atoms with Gasteiger partial charge in [-0.25, -0.2) is 0 Å². The summed E-state index contributed by atoms with van der Waals surface area (Å²) < 4.78 is 5.72. The zero-order valence-electron chi connectivity index (χ0n) is 15.2. The molecule has 2 N–H and O–H groups in total. The van der Waals surface area contributed by atoms with Crippen molar-refractivity contribution in [3.05, 3.63) is 29.8 Å². The van der Waals surface area contributed by atoms with Crippen LogP contribution < -0.4 is 15.4 Å². The second-order valence-corrected chi connectivity index (χ2v) is 7.39. The molecule has 1 aromatic carbocycles. The molecule has 1 atom stereocenters. The molecule has 1 unspecified atom stereocenters. The van der Waals surface area contributed by atoms with Crippen LogP contribution in [0.25, 0.3) is 0 Å². The Bertz CT molecular complexity index is 509. The van der Waals surface area contributed by atoms with E-state index in [2.05, 4.69) is 24.5 Å². The van der Waals surface area contributed by atoms with Crippen LogP contribution in [0.3, 0.4) is 0 Å². The van der Waals surface area contributed by atoms with E-state index >= 15 is 0 Å². The van der Waals surface area contributed by atoms with Crippen molar-refractivity contribution in [2.45, 2.75) is 46.1 Å². The molecule has 1 aliphatic heterocycles. The highest BCUT2D eigenvalue weighted by atomic mass is 35.5. The van der Waals surface area contributed by atoms with Crippen molar-refractivity contribution >= 4 is 18.3 Å². The Morgan fingerprint density at radius 2 is 2.00 bits per heavy atom. The molecule has 1 aliphatic rings. The first-order valence-corrected chi connectivity index (χ1v) is 8.64. The van der Waals surface area contributed by atoms with Gasteiger partial charge in [0.1, 0.15) is 5.75 Å². The molecule has 4 nitrogen and oxygen atoms in total. The van der Waals surface area contributed by atoms with Gasteiger partial charge in [-0.2, -0.15) is 0 Å².